The highest BCUT2D eigenvalue weighted by molar-refractivity contribution is 5.16. The van der Waals surface area contributed by atoms with Crippen LogP contribution in [0.4, 0.5) is 13.2 Å². The smallest absolute Gasteiger partial charge is 0.389 e. The molecule has 0 heterocycles. The average molecular weight is 471 g/mol. The molecule has 4 saturated carbocycles. The Morgan fingerprint density at radius 2 is 1.48 bits per heavy atom. The normalized spacial score (nSPS) is 49.4. The fraction of sp³-hybridized carbons (Fsp3) is 0.929. The molecule has 0 aromatic carbocycles. The van der Waals surface area contributed by atoms with Gasteiger partial charge < -0.3 is 10.2 Å². The quantitative estimate of drug-likeness (QED) is 0.425. The first kappa shape index (κ1) is 25.5. The highest BCUT2D eigenvalue weighted by Crippen LogP contribution is 2.73. The lowest BCUT2D eigenvalue weighted by Crippen LogP contribution is -2.62. The number of hydrogen-bond donors (Lipinski definition) is 2. The Balaban J connectivity index is 1.59. The van der Waals surface area contributed by atoms with Gasteiger partial charge in [-0.3, -0.25) is 0 Å². The number of alkyl halides is 3. The molecule has 4 fully saturated rings. The summed E-state index contributed by atoms with van der Waals surface area (Å²) in [4.78, 5) is 0. The van der Waals surface area contributed by atoms with Gasteiger partial charge in [0.2, 0.25) is 0 Å². The molecular formula is C28H45F3O2. The number of allylic oxidation sites excluding steroid dienone is 1. The summed E-state index contributed by atoms with van der Waals surface area (Å²) in [5.74, 6) is 1.58. The Hall–Kier alpha value is -0.550. The largest absolute Gasteiger partial charge is 0.417 e. The van der Waals surface area contributed by atoms with E-state index in [0.717, 1.165) is 44.1 Å². The maximum atomic E-state index is 13.6. The van der Waals surface area contributed by atoms with Crippen LogP contribution in [0, 0.1) is 45.8 Å². The van der Waals surface area contributed by atoms with Gasteiger partial charge in [0.15, 0.2) is 5.60 Å². The molecule has 0 aliphatic heterocycles. The Morgan fingerprint density at radius 1 is 0.879 bits per heavy atom. The third-order valence-electron chi connectivity index (χ3n) is 11.6. The van der Waals surface area contributed by atoms with Crippen molar-refractivity contribution >= 4 is 0 Å². The summed E-state index contributed by atoms with van der Waals surface area (Å²) >= 11 is 0. The molecule has 4 rings (SSSR count). The van der Waals surface area contributed by atoms with Gasteiger partial charge in [-0.25, -0.2) is 0 Å². The summed E-state index contributed by atoms with van der Waals surface area (Å²) < 4.78 is 40.9. The second-order valence-corrected chi connectivity index (χ2v) is 13.4. The van der Waals surface area contributed by atoms with Gasteiger partial charge in [0.05, 0.1) is 6.10 Å². The lowest BCUT2D eigenvalue weighted by Gasteiger charge is -2.66. The van der Waals surface area contributed by atoms with Crippen molar-refractivity contribution in [3.8, 4) is 0 Å². The molecule has 10 atom stereocenters. The fourth-order valence-electron chi connectivity index (χ4n) is 9.82. The number of aliphatic hydroxyl groups excluding tert-OH is 1. The summed E-state index contributed by atoms with van der Waals surface area (Å²) in [7, 11) is 0. The highest BCUT2D eigenvalue weighted by atomic mass is 19.4. The van der Waals surface area contributed by atoms with Gasteiger partial charge in [0, 0.05) is 0 Å². The van der Waals surface area contributed by atoms with Gasteiger partial charge in [-0.1, -0.05) is 39.3 Å². The van der Waals surface area contributed by atoms with E-state index in [1.807, 2.05) is 19.9 Å². The lowest BCUT2D eigenvalue weighted by molar-refractivity contribution is -0.294. The van der Waals surface area contributed by atoms with E-state index in [1.54, 1.807) is 0 Å². The molecule has 0 saturated heterocycles. The molecular weight excluding hydrogens is 425 g/mol. The molecule has 0 radical (unpaired) electrons. The van der Waals surface area contributed by atoms with Gasteiger partial charge in [-0.15, -0.1) is 0 Å². The summed E-state index contributed by atoms with van der Waals surface area (Å²) in [6.45, 7) is 13.4. The van der Waals surface area contributed by atoms with Crippen LogP contribution in [0.2, 0.25) is 0 Å². The lowest BCUT2D eigenvalue weighted by atomic mass is 9.38. The van der Waals surface area contributed by atoms with Crippen LogP contribution in [0.15, 0.2) is 11.6 Å². The fourth-order valence-corrected chi connectivity index (χ4v) is 9.82. The maximum Gasteiger partial charge on any atom is 0.417 e. The number of rotatable bonds is 3. The van der Waals surface area contributed by atoms with E-state index in [0.29, 0.717) is 24.2 Å². The van der Waals surface area contributed by atoms with E-state index in [-0.39, 0.29) is 40.9 Å². The summed E-state index contributed by atoms with van der Waals surface area (Å²) in [5.41, 5.74) is -1.19. The second-order valence-electron chi connectivity index (χ2n) is 13.4. The molecule has 5 heteroatoms. The summed E-state index contributed by atoms with van der Waals surface area (Å²) in [6, 6.07) is 0. The summed E-state index contributed by atoms with van der Waals surface area (Å²) in [6.07, 6.45) is 3.40. The molecule has 4 aliphatic rings. The topological polar surface area (TPSA) is 40.5 Å². The molecule has 2 N–H and O–H groups in total. The number of hydrogen-bond acceptors (Lipinski definition) is 2. The van der Waals surface area contributed by atoms with E-state index in [1.165, 1.54) is 0 Å². The predicted molar refractivity (Wildman–Crippen MR) is 125 cm³/mol. The van der Waals surface area contributed by atoms with E-state index in [2.05, 4.69) is 27.7 Å². The second kappa shape index (κ2) is 7.98. The maximum absolute atomic E-state index is 13.6. The monoisotopic (exact) mass is 470 g/mol. The van der Waals surface area contributed by atoms with Crippen molar-refractivity contribution in [1.82, 2.24) is 0 Å². The average Bonchev–Trinajstić information content (AvgIpc) is 3.05. The van der Waals surface area contributed by atoms with Crippen LogP contribution in [0.3, 0.4) is 0 Å². The molecule has 0 aromatic rings. The van der Waals surface area contributed by atoms with Gasteiger partial charge in [-0.2, -0.15) is 13.2 Å². The molecule has 33 heavy (non-hydrogen) atoms. The SMILES string of the molecule is CC(C)=C[C@@H](O)[C@@H](C)[C@H]1CC[C@H]2[C@]3(C)CC[C@@H]4C[C@@](O)(C(F)(F)F)CC[C@]4(C)[C@H]3CC[C@@]21C. The van der Waals surface area contributed by atoms with Gasteiger partial charge in [0.25, 0.3) is 0 Å². The zero-order valence-electron chi connectivity index (χ0n) is 21.4. The van der Waals surface area contributed by atoms with Crippen molar-refractivity contribution in [3.63, 3.8) is 0 Å². The molecule has 0 bridgehead atoms. The van der Waals surface area contributed by atoms with Crippen LogP contribution < -0.4 is 0 Å². The molecule has 190 valence electrons. The Kier molecular flexibility index (Phi) is 6.18. The highest BCUT2D eigenvalue weighted by Gasteiger charge is 2.68. The van der Waals surface area contributed by atoms with Crippen molar-refractivity contribution in [2.75, 3.05) is 0 Å². The van der Waals surface area contributed by atoms with Crippen LogP contribution >= 0.6 is 0 Å². The van der Waals surface area contributed by atoms with Crippen LogP contribution in [-0.4, -0.2) is 28.1 Å². The van der Waals surface area contributed by atoms with Crippen LogP contribution in [0.5, 0.6) is 0 Å². The minimum absolute atomic E-state index is 0.0593. The first-order valence-electron chi connectivity index (χ1n) is 13.2. The zero-order chi connectivity index (χ0) is 24.6. The predicted octanol–water partition coefficient (Wildman–Crippen LogP) is 7.29. The first-order valence-corrected chi connectivity index (χ1v) is 13.2. The minimum atomic E-state index is -4.54. The van der Waals surface area contributed by atoms with Gasteiger partial charge >= 0.3 is 6.18 Å². The molecule has 0 aromatic heterocycles. The summed E-state index contributed by atoms with van der Waals surface area (Å²) in [5, 5.41) is 21.3. The molecule has 0 spiro atoms. The molecule has 2 nitrogen and oxygen atoms in total. The molecule has 0 amide bonds. The number of aliphatic hydroxyl groups is 2. The van der Waals surface area contributed by atoms with Crippen LogP contribution in [0.25, 0.3) is 0 Å². The number of halogens is 3. The van der Waals surface area contributed by atoms with Crippen molar-refractivity contribution in [2.24, 2.45) is 45.8 Å². The third kappa shape index (κ3) is 3.74. The van der Waals surface area contributed by atoms with Gasteiger partial charge in [-0.05, 0) is 117 Å². The standard InChI is InChI=1S/C28H45F3O2/c1-17(2)15-21(32)18(3)20-7-8-22-25(20,5)12-10-23-24(4)13-14-27(33,28(29,30)31)16-19(24)9-11-26(22,23)6/h15,18-23,32-33H,7-14,16H2,1-6H3/t18-,19+,20+,21+,22+,23+,24-,25+,26-,27+/m0/s1. The van der Waals surface area contributed by atoms with E-state index < -0.39 is 17.9 Å². The van der Waals surface area contributed by atoms with E-state index in [9.17, 15) is 23.4 Å². The third-order valence-corrected chi connectivity index (χ3v) is 11.6. The molecule has 4 aliphatic carbocycles. The minimum Gasteiger partial charge on any atom is -0.389 e. The van der Waals surface area contributed by atoms with E-state index in [4.69, 9.17) is 0 Å². The molecule has 0 unspecified atom stereocenters. The van der Waals surface area contributed by atoms with E-state index >= 15 is 0 Å². The Morgan fingerprint density at radius 3 is 2.09 bits per heavy atom. The van der Waals surface area contributed by atoms with Crippen molar-refractivity contribution in [3.05, 3.63) is 11.6 Å². The van der Waals surface area contributed by atoms with Gasteiger partial charge in [0.1, 0.15) is 0 Å². The van der Waals surface area contributed by atoms with Crippen LogP contribution in [-0.2, 0) is 0 Å². The Bertz CT molecular complexity index is 789. The van der Waals surface area contributed by atoms with Crippen molar-refractivity contribution < 1.29 is 23.4 Å². The first-order chi connectivity index (χ1) is 15.1. The zero-order valence-corrected chi connectivity index (χ0v) is 21.4. The van der Waals surface area contributed by atoms with Crippen LogP contribution in [0.1, 0.15) is 99.3 Å². The van der Waals surface area contributed by atoms with Crippen molar-refractivity contribution in [2.45, 2.75) is 117 Å². The van der Waals surface area contributed by atoms with Crippen molar-refractivity contribution in [1.29, 1.82) is 0 Å². The number of fused-ring (bicyclic) bond motifs is 5. The Labute approximate surface area is 198 Å².